The zero-order valence-electron chi connectivity index (χ0n) is 15.7. The Hall–Kier alpha value is -2.53. The van der Waals surface area contributed by atoms with Crippen LogP contribution in [-0.4, -0.2) is 24.5 Å². The van der Waals surface area contributed by atoms with Gasteiger partial charge in [-0.25, -0.2) is 4.79 Å². The maximum Gasteiger partial charge on any atom is 0.342 e. The van der Waals surface area contributed by atoms with E-state index in [4.69, 9.17) is 21.1 Å². The van der Waals surface area contributed by atoms with Gasteiger partial charge in [0.15, 0.2) is 6.61 Å². The van der Waals surface area contributed by atoms with Gasteiger partial charge in [-0.3, -0.25) is 4.79 Å². The number of halogens is 1. The van der Waals surface area contributed by atoms with E-state index >= 15 is 0 Å². The number of benzene rings is 2. The van der Waals surface area contributed by atoms with Crippen molar-refractivity contribution in [3.8, 4) is 5.75 Å². The number of carbonyl (C=O) groups is 2. The Bertz CT molecular complexity index is 800. The van der Waals surface area contributed by atoms with Crippen molar-refractivity contribution < 1.29 is 19.1 Å². The third-order valence-corrected chi connectivity index (χ3v) is 4.97. The molecular weight excluding hydrogens is 378 g/mol. The predicted molar refractivity (Wildman–Crippen MR) is 108 cm³/mol. The average Bonchev–Trinajstić information content (AvgIpc) is 2.72. The zero-order chi connectivity index (χ0) is 19.8. The Labute approximate surface area is 170 Å². The van der Waals surface area contributed by atoms with E-state index in [1.54, 1.807) is 36.4 Å². The second-order valence-corrected chi connectivity index (χ2v) is 7.33. The fourth-order valence-electron chi connectivity index (χ4n) is 3.23. The Morgan fingerprint density at radius 1 is 1.00 bits per heavy atom. The van der Waals surface area contributed by atoms with E-state index in [9.17, 15) is 9.59 Å². The molecule has 1 N–H and O–H groups in total. The molecule has 3 rings (SSSR count). The largest absolute Gasteiger partial charge is 0.488 e. The summed E-state index contributed by atoms with van der Waals surface area (Å²) in [6.07, 6.45) is 5.45. The lowest BCUT2D eigenvalue weighted by molar-refractivity contribution is -0.125. The number of ether oxygens (including phenoxy) is 2. The molecular formula is C22H24ClNO4. The summed E-state index contributed by atoms with van der Waals surface area (Å²) >= 11 is 5.88. The number of hydrogen-bond acceptors (Lipinski definition) is 4. The Balaban J connectivity index is 1.53. The minimum Gasteiger partial charge on any atom is -0.488 e. The molecule has 1 amide bonds. The second-order valence-electron chi connectivity index (χ2n) is 6.89. The first-order chi connectivity index (χ1) is 13.6. The minimum absolute atomic E-state index is 0.190. The van der Waals surface area contributed by atoms with Crippen LogP contribution in [0.4, 0.5) is 0 Å². The van der Waals surface area contributed by atoms with E-state index in [0.29, 0.717) is 22.9 Å². The quantitative estimate of drug-likeness (QED) is 0.692. The molecule has 0 heterocycles. The molecule has 1 saturated carbocycles. The highest BCUT2D eigenvalue weighted by Gasteiger charge is 2.18. The van der Waals surface area contributed by atoms with Crippen LogP contribution >= 0.6 is 11.6 Å². The number of amides is 1. The third-order valence-electron chi connectivity index (χ3n) is 4.72. The summed E-state index contributed by atoms with van der Waals surface area (Å²) in [7, 11) is 0. The van der Waals surface area contributed by atoms with Gasteiger partial charge in [0.25, 0.3) is 5.91 Å². The lowest BCUT2D eigenvalue weighted by Crippen LogP contribution is -2.38. The van der Waals surface area contributed by atoms with Gasteiger partial charge in [0.2, 0.25) is 0 Å². The van der Waals surface area contributed by atoms with Crippen LogP contribution < -0.4 is 10.1 Å². The first-order valence-corrected chi connectivity index (χ1v) is 9.92. The van der Waals surface area contributed by atoms with E-state index in [1.165, 1.54) is 6.42 Å². The Morgan fingerprint density at radius 3 is 2.46 bits per heavy atom. The lowest BCUT2D eigenvalue weighted by atomic mass is 9.95. The molecule has 1 aliphatic carbocycles. The Kier molecular flexibility index (Phi) is 7.31. The third kappa shape index (κ3) is 5.99. The van der Waals surface area contributed by atoms with Crippen molar-refractivity contribution in [3.63, 3.8) is 0 Å². The number of nitrogens with one attached hydrogen (secondary N) is 1. The van der Waals surface area contributed by atoms with Crippen molar-refractivity contribution in [2.24, 2.45) is 0 Å². The van der Waals surface area contributed by atoms with Crippen molar-refractivity contribution in [1.82, 2.24) is 5.32 Å². The monoisotopic (exact) mass is 401 g/mol. The molecule has 0 spiro atoms. The molecule has 0 saturated heterocycles. The van der Waals surface area contributed by atoms with E-state index < -0.39 is 5.97 Å². The van der Waals surface area contributed by atoms with Crippen molar-refractivity contribution in [2.45, 2.75) is 44.8 Å². The molecule has 2 aromatic carbocycles. The predicted octanol–water partition coefficient (Wildman–Crippen LogP) is 4.52. The highest BCUT2D eigenvalue weighted by atomic mass is 35.5. The summed E-state index contributed by atoms with van der Waals surface area (Å²) in [6, 6.07) is 14.3. The fraction of sp³-hybridized carbons (Fsp3) is 0.364. The number of hydrogen-bond donors (Lipinski definition) is 1. The molecule has 148 valence electrons. The molecule has 0 bridgehead atoms. The molecule has 5 nitrogen and oxygen atoms in total. The minimum atomic E-state index is -0.578. The molecule has 6 heteroatoms. The smallest absolute Gasteiger partial charge is 0.342 e. The summed E-state index contributed by atoms with van der Waals surface area (Å²) < 4.78 is 11.0. The van der Waals surface area contributed by atoms with Crippen LogP contribution in [0.1, 0.15) is 48.0 Å². The van der Waals surface area contributed by atoms with Crippen LogP contribution in [0.3, 0.4) is 0 Å². The van der Waals surface area contributed by atoms with Gasteiger partial charge in [-0.2, -0.15) is 0 Å². The number of rotatable bonds is 7. The molecule has 1 fully saturated rings. The van der Waals surface area contributed by atoms with Crippen molar-refractivity contribution in [3.05, 3.63) is 64.7 Å². The maximum absolute atomic E-state index is 12.4. The average molecular weight is 402 g/mol. The number of esters is 1. The molecule has 0 aliphatic heterocycles. The van der Waals surface area contributed by atoms with Crippen LogP contribution in [0, 0.1) is 0 Å². The normalized spacial score (nSPS) is 14.3. The molecule has 0 aromatic heterocycles. The van der Waals surface area contributed by atoms with Gasteiger partial charge in [0.05, 0.1) is 0 Å². The SMILES string of the molecule is O=C(COC(=O)c1ccccc1OCc1ccc(Cl)cc1)NC1CCCCC1. The van der Waals surface area contributed by atoms with Crippen molar-refractivity contribution in [2.75, 3.05) is 6.61 Å². The van der Waals surface area contributed by atoms with Gasteiger partial charge >= 0.3 is 5.97 Å². The summed E-state index contributed by atoms with van der Waals surface area (Å²) in [5.41, 5.74) is 1.22. The van der Waals surface area contributed by atoms with Gasteiger partial charge in [-0.15, -0.1) is 0 Å². The van der Waals surface area contributed by atoms with E-state index in [-0.39, 0.29) is 18.6 Å². The van der Waals surface area contributed by atoms with E-state index in [1.807, 2.05) is 12.1 Å². The standard InChI is InChI=1S/C22H24ClNO4/c23-17-12-10-16(11-13-17)14-27-20-9-5-4-8-19(20)22(26)28-15-21(25)24-18-6-2-1-3-7-18/h4-5,8-13,18H,1-3,6-7,14-15H2,(H,24,25). The molecule has 1 aliphatic rings. The summed E-state index contributed by atoms with van der Waals surface area (Å²) in [6.45, 7) is 0.00444. The van der Waals surface area contributed by atoms with Crippen molar-refractivity contribution in [1.29, 1.82) is 0 Å². The van der Waals surface area contributed by atoms with E-state index in [0.717, 1.165) is 31.2 Å². The first kappa shape index (κ1) is 20.2. The van der Waals surface area contributed by atoms with E-state index in [2.05, 4.69) is 5.32 Å². The van der Waals surface area contributed by atoms with Gasteiger partial charge in [0.1, 0.15) is 17.9 Å². The number of para-hydroxylation sites is 1. The van der Waals surface area contributed by atoms with Gasteiger partial charge in [0, 0.05) is 11.1 Å². The lowest BCUT2D eigenvalue weighted by Gasteiger charge is -2.22. The van der Waals surface area contributed by atoms with Crippen LogP contribution in [0.2, 0.25) is 5.02 Å². The zero-order valence-corrected chi connectivity index (χ0v) is 16.4. The highest BCUT2D eigenvalue weighted by Crippen LogP contribution is 2.21. The second kappa shape index (κ2) is 10.1. The molecule has 0 atom stereocenters. The van der Waals surface area contributed by atoms with Crippen LogP contribution in [-0.2, 0) is 16.1 Å². The van der Waals surface area contributed by atoms with Crippen LogP contribution in [0.25, 0.3) is 0 Å². The summed E-state index contributed by atoms with van der Waals surface area (Å²) in [4.78, 5) is 24.5. The maximum atomic E-state index is 12.4. The molecule has 0 unspecified atom stereocenters. The summed E-state index contributed by atoms with van der Waals surface area (Å²) in [5, 5.41) is 3.59. The number of carbonyl (C=O) groups excluding carboxylic acids is 2. The molecule has 2 aromatic rings. The molecule has 0 radical (unpaired) electrons. The highest BCUT2D eigenvalue weighted by molar-refractivity contribution is 6.30. The van der Waals surface area contributed by atoms with Crippen molar-refractivity contribution >= 4 is 23.5 Å². The van der Waals surface area contributed by atoms with Gasteiger partial charge in [-0.05, 0) is 42.7 Å². The van der Waals surface area contributed by atoms with Gasteiger partial charge in [-0.1, -0.05) is 55.1 Å². The Morgan fingerprint density at radius 2 is 1.71 bits per heavy atom. The van der Waals surface area contributed by atoms with Crippen LogP contribution in [0.15, 0.2) is 48.5 Å². The van der Waals surface area contributed by atoms with Crippen LogP contribution in [0.5, 0.6) is 5.75 Å². The molecule has 28 heavy (non-hydrogen) atoms. The summed E-state index contributed by atoms with van der Waals surface area (Å²) in [5.74, 6) is -0.430. The van der Waals surface area contributed by atoms with Gasteiger partial charge < -0.3 is 14.8 Å². The first-order valence-electron chi connectivity index (χ1n) is 9.54. The topological polar surface area (TPSA) is 64.6 Å². The fourth-order valence-corrected chi connectivity index (χ4v) is 3.35.